The van der Waals surface area contributed by atoms with E-state index in [1.54, 1.807) is 0 Å². The number of benzene rings is 1. The molecular formula is C12H15ClN2O. The molecule has 0 aliphatic rings. The van der Waals surface area contributed by atoms with Crippen molar-refractivity contribution in [1.29, 1.82) is 0 Å². The Morgan fingerprint density at radius 3 is 2.88 bits per heavy atom. The van der Waals surface area contributed by atoms with Crippen molar-refractivity contribution in [2.45, 2.75) is 33.4 Å². The Labute approximate surface area is 99.8 Å². The summed E-state index contributed by atoms with van der Waals surface area (Å²) in [5.74, 6) is 0.703. The van der Waals surface area contributed by atoms with Crippen LogP contribution >= 0.6 is 11.6 Å². The van der Waals surface area contributed by atoms with Crippen LogP contribution in [0.5, 0.6) is 0 Å². The number of aryl methyl sites for hydroxylation is 1. The lowest BCUT2D eigenvalue weighted by molar-refractivity contribution is 0.472. The number of aromatic nitrogens is 1. The molecule has 0 aliphatic heterocycles. The number of hydrogen-bond acceptors (Lipinski definition) is 3. The minimum atomic E-state index is 0.416. The van der Waals surface area contributed by atoms with Crippen molar-refractivity contribution in [1.82, 2.24) is 10.3 Å². The van der Waals surface area contributed by atoms with Gasteiger partial charge >= 0.3 is 0 Å². The first kappa shape index (κ1) is 11.4. The van der Waals surface area contributed by atoms with E-state index >= 15 is 0 Å². The van der Waals surface area contributed by atoms with E-state index in [9.17, 15) is 0 Å². The molecule has 1 aromatic heterocycles. The third-order valence-corrected chi connectivity index (χ3v) is 2.56. The number of fused-ring (bicyclic) bond motifs is 1. The molecule has 0 unspecified atom stereocenters. The number of rotatable bonds is 3. The van der Waals surface area contributed by atoms with Crippen LogP contribution in [0.25, 0.3) is 11.1 Å². The van der Waals surface area contributed by atoms with Crippen LogP contribution in [-0.2, 0) is 6.54 Å². The molecule has 4 heteroatoms. The summed E-state index contributed by atoms with van der Waals surface area (Å²) in [4.78, 5) is 4.39. The van der Waals surface area contributed by atoms with E-state index in [1.807, 2.05) is 19.1 Å². The summed E-state index contributed by atoms with van der Waals surface area (Å²) in [5, 5.41) is 3.96. The van der Waals surface area contributed by atoms with E-state index in [1.165, 1.54) is 0 Å². The summed E-state index contributed by atoms with van der Waals surface area (Å²) in [7, 11) is 0. The van der Waals surface area contributed by atoms with Crippen LogP contribution < -0.4 is 5.32 Å². The van der Waals surface area contributed by atoms with Crippen molar-refractivity contribution < 1.29 is 4.42 Å². The van der Waals surface area contributed by atoms with Gasteiger partial charge in [0.05, 0.1) is 6.54 Å². The number of nitrogens with one attached hydrogen (secondary N) is 1. The van der Waals surface area contributed by atoms with E-state index in [0.717, 1.165) is 16.7 Å². The Balaban J connectivity index is 2.33. The molecule has 3 nitrogen and oxygen atoms in total. The van der Waals surface area contributed by atoms with Gasteiger partial charge in [-0.3, -0.25) is 0 Å². The standard InChI is InChI=1S/C12H15ClN2O/c1-7(2)14-6-11-15-10-5-9(13)4-8(3)12(10)16-11/h4-5,7,14H,6H2,1-3H3. The largest absolute Gasteiger partial charge is 0.439 e. The third-order valence-electron chi connectivity index (χ3n) is 2.35. The van der Waals surface area contributed by atoms with Crippen molar-refractivity contribution >= 4 is 22.7 Å². The fraction of sp³-hybridized carbons (Fsp3) is 0.417. The highest BCUT2D eigenvalue weighted by Gasteiger charge is 2.09. The molecule has 0 bridgehead atoms. The SMILES string of the molecule is Cc1cc(Cl)cc2nc(CNC(C)C)oc12. The van der Waals surface area contributed by atoms with Crippen LogP contribution in [-0.4, -0.2) is 11.0 Å². The molecule has 2 rings (SSSR count). The van der Waals surface area contributed by atoms with Crippen molar-refractivity contribution in [2.75, 3.05) is 0 Å². The summed E-state index contributed by atoms with van der Waals surface area (Å²) in [5.41, 5.74) is 2.67. The fourth-order valence-corrected chi connectivity index (χ4v) is 1.84. The zero-order valence-electron chi connectivity index (χ0n) is 9.67. The second kappa shape index (κ2) is 4.44. The van der Waals surface area contributed by atoms with Gasteiger partial charge in [-0.25, -0.2) is 4.98 Å². The number of hydrogen-bond donors (Lipinski definition) is 1. The fourth-order valence-electron chi connectivity index (χ4n) is 1.57. The molecule has 1 aromatic carbocycles. The van der Waals surface area contributed by atoms with Gasteiger partial charge < -0.3 is 9.73 Å². The maximum atomic E-state index is 5.96. The first-order valence-electron chi connectivity index (χ1n) is 5.35. The summed E-state index contributed by atoms with van der Waals surface area (Å²) in [6.07, 6.45) is 0. The molecule has 0 saturated carbocycles. The van der Waals surface area contributed by atoms with Crippen molar-refractivity contribution in [3.05, 3.63) is 28.6 Å². The maximum absolute atomic E-state index is 5.96. The van der Waals surface area contributed by atoms with Crippen LogP contribution in [0.15, 0.2) is 16.5 Å². The van der Waals surface area contributed by atoms with Gasteiger partial charge in [-0.1, -0.05) is 25.4 Å². The Morgan fingerprint density at radius 1 is 1.44 bits per heavy atom. The molecular weight excluding hydrogens is 224 g/mol. The van der Waals surface area contributed by atoms with Gasteiger partial charge in [0.1, 0.15) is 5.52 Å². The topological polar surface area (TPSA) is 38.1 Å². The summed E-state index contributed by atoms with van der Waals surface area (Å²) >= 11 is 5.96. The minimum absolute atomic E-state index is 0.416. The second-order valence-electron chi connectivity index (χ2n) is 4.21. The predicted molar refractivity (Wildman–Crippen MR) is 65.7 cm³/mol. The van der Waals surface area contributed by atoms with Crippen molar-refractivity contribution in [2.24, 2.45) is 0 Å². The monoisotopic (exact) mass is 238 g/mol. The number of nitrogens with zero attached hydrogens (tertiary/aromatic N) is 1. The molecule has 0 fully saturated rings. The quantitative estimate of drug-likeness (QED) is 0.892. The van der Waals surface area contributed by atoms with Gasteiger partial charge in [0, 0.05) is 11.1 Å². The zero-order chi connectivity index (χ0) is 11.7. The van der Waals surface area contributed by atoms with E-state index in [-0.39, 0.29) is 0 Å². The molecule has 2 aromatic rings. The molecule has 86 valence electrons. The van der Waals surface area contributed by atoms with Gasteiger partial charge in [0.15, 0.2) is 5.58 Å². The molecule has 16 heavy (non-hydrogen) atoms. The summed E-state index contributed by atoms with van der Waals surface area (Å²) < 4.78 is 5.67. The van der Waals surface area contributed by atoms with Crippen LogP contribution in [0.3, 0.4) is 0 Å². The Hall–Kier alpha value is -1.06. The average Bonchev–Trinajstić information content (AvgIpc) is 2.57. The van der Waals surface area contributed by atoms with Gasteiger partial charge in [-0.2, -0.15) is 0 Å². The highest BCUT2D eigenvalue weighted by Crippen LogP contribution is 2.24. The van der Waals surface area contributed by atoms with Gasteiger partial charge in [-0.05, 0) is 24.6 Å². The first-order valence-corrected chi connectivity index (χ1v) is 5.73. The summed E-state index contributed by atoms with van der Waals surface area (Å²) in [6, 6.07) is 4.13. The van der Waals surface area contributed by atoms with E-state index in [2.05, 4.69) is 24.1 Å². The van der Waals surface area contributed by atoms with Gasteiger partial charge in [0.25, 0.3) is 0 Å². The summed E-state index contributed by atoms with van der Waals surface area (Å²) in [6.45, 7) is 6.79. The normalized spacial score (nSPS) is 11.6. The molecule has 1 heterocycles. The van der Waals surface area contributed by atoms with Crippen LogP contribution in [0, 0.1) is 6.92 Å². The third kappa shape index (κ3) is 2.36. The van der Waals surface area contributed by atoms with Gasteiger partial charge in [0.2, 0.25) is 5.89 Å². The van der Waals surface area contributed by atoms with E-state index in [4.69, 9.17) is 16.0 Å². The molecule has 0 radical (unpaired) electrons. The lowest BCUT2D eigenvalue weighted by atomic mass is 10.2. The second-order valence-corrected chi connectivity index (χ2v) is 4.65. The van der Waals surface area contributed by atoms with Crippen molar-refractivity contribution in [3.63, 3.8) is 0 Å². The molecule has 0 atom stereocenters. The molecule has 0 amide bonds. The van der Waals surface area contributed by atoms with E-state index < -0.39 is 0 Å². The predicted octanol–water partition coefficient (Wildman–Crippen LogP) is 3.29. The lowest BCUT2D eigenvalue weighted by Crippen LogP contribution is -2.21. The smallest absolute Gasteiger partial charge is 0.209 e. The van der Waals surface area contributed by atoms with Crippen LogP contribution in [0.2, 0.25) is 5.02 Å². The Bertz CT molecular complexity index is 505. The number of oxazole rings is 1. The molecule has 0 saturated heterocycles. The molecule has 1 N–H and O–H groups in total. The number of halogens is 1. The average molecular weight is 239 g/mol. The molecule has 0 aliphatic carbocycles. The molecule has 0 spiro atoms. The van der Waals surface area contributed by atoms with E-state index in [0.29, 0.717) is 23.5 Å². The highest BCUT2D eigenvalue weighted by atomic mass is 35.5. The lowest BCUT2D eigenvalue weighted by Gasteiger charge is -2.03. The maximum Gasteiger partial charge on any atom is 0.209 e. The van der Waals surface area contributed by atoms with Crippen LogP contribution in [0.4, 0.5) is 0 Å². The highest BCUT2D eigenvalue weighted by molar-refractivity contribution is 6.31. The van der Waals surface area contributed by atoms with Gasteiger partial charge in [-0.15, -0.1) is 0 Å². The Morgan fingerprint density at radius 2 is 2.19 bits per heavy atom. The Kier molecular flexibility index (Phi) is 3.17. The van der Waals surface area contributed by atoms with Crippen molar-refractivity contribution in [3.8, 4) is 0 Å². The first-order chi connectivity index (χ1) is 7.56. The minimum Gasteiger partial charge on any atom is -0.439 e. The van der Waals surface area contributed by atoms with Crippen LogP contribution in [0.1, 0.15) is 25.3 Å². The zero-order valence-corrected chi connectivity index (χ0v) is 10.4.